The van der Waals surface area contributed by atoms with Crippen LogP contribution in [0.2, 0.25) is 0 Å². The first-order valence-corrected chi connectivity index (χ1v) is 15.4. The number of halogens is 2. The Hall–Kier alpha value is -4.56. The number of hydrogen-bond acceptors (Lipinski definition) is 7. The molecule has 0 N–H and O–H groups in total. The maximum Gasteiger partial charge on any atom is 0.355 e. The number of nitrogens with zero attached hydrogens (tertiary/aromatic N) is 6. The molecule has 0 radical (unpaired) electrons. The standard InChI is InChI=1S/C33H32F2N6O2S/c1-7-21-18-39(27(42)8-2)14-15-40(21)31-22-17-24(35)29(28-23(34)10-9-11-26(28)44-6)37-32(22)41(33(43)38-31)30-20(5)12-13-36-25(30)16-19(3)4/h1,8-13,17,19,21H,2,14-16,18H2,3-6H3. The van der Waals surface area contributed by atoms with E-state index in [9.17, 15) is 9.59 Å². The Kier molecular flexibility index (Phi) is 8.83. The molecule has 44 heavy (non-hydrogen) atoms. The number of carbonyl (C=O) groups excluding carboxylic acids is 1. The highest BCUT2D eigenvalue weighted by Crippen LogP contribution is 2.37. The molecule has 1 amide bonds. The highest BCUT2D eigenvalue weighted by atomic mass is 32.2. The number of hydrogen-bond donors (Lipinski definition) is 0. The lowest BCUT2D eigenvalue weighted by molar-refractivity contribution is -0.126. The minimum absolute atomic E-state index is 0.000118. The number of piperazine rings is 1. The maximum atomic E-state index is 16.1. The number of thioether (sulfide) groups is 1. The first-order chi connectivity index (χ1) is 21.1. The lowest BCUT2D eigenvalue weighted by atomic mass is 10.0. The lowest BCUT2D eigenvalue weighted by Crippen LogP contribution is -2.54. The summed E-state index contributed by atoms with van der Waals surface area (Å²) in [5.74, 6) is 1.34. The van der Waals surface area contributed by atoms with Crippen molar-refractivity contribution in [1.29, 1.82) is 0 Å². The molecule has 1 aliphatic rings. The van der Waals surface area contributed by atoms with Crippen LogP contribution in [0.1, 0.15) is 25.1 Å². The van der Waals surface area contributed by atoms with Crippen LogP contribution in [0.5, 0.6) is 0 Å². The summed E-state index contributed by atoms with van der Waals surface area (Å²) in [6.45, 7) is 10.2. The van der Waals surface area contributed by atoms with Crippen molar-refractivity contribution in [2.75, 3.05) is 30.8 Å². The molecular weight excluding hydrogens is 582 g/mol. The molecule has 1 atom stereocenters. The second kappa shape index (κ2) is 12.6. The Bertz CT molecular complexity index is 1880. The molecule has 11 heteroatoms. The number of carbonyl (C=O) groups is 1. The van der Waals surface area contributed by atoms with E-state index in [1.54, 1.807) is 40.5 Å². The van der Waals surface area contributed by atoms with E-state index < -0.39 is 23.4 Å². The van der Waals surface area contributed by atoms with Crippen LogP contribution in [-0.4, -0.2) is 62.3 Å². The molecule has 1 fully saturated rings. The number of aryl methyl sites for hydroxylation is 1. The molecule has 4 aromatic rings. The van der Waals surface area contributed by atoms with Crippen LogP contribution in [-0.2, 0) is 11.2 Å². The Morgan fingerprint density at radius 1 is 1.23 bits per heavy atom. The zero-order valence-corrected chi connectivity index (χ0v) is 25.8. The molecule has 226 valence electrons. The van der Waals surface area contributed by atoms with Crippen molar-refractivity contribution in [3.8, 4) is 29.3 Å². The summed E-state index contributed by atoms with van der Waals surface area (Å²) in [4.78, 5) is 43.9. The first-order valence-electron chi connectivity index (χ1n) is 14.1. The molecule has 0 saturated carbocycles. The molecular formula is C33H32F2N6O2S. The normalized spacial score (nSPS) is 15.1. The van der Waals surface area contributed by atoms with Crippen LogP contribution >= 0.6 is 11.8 Å². The third-order valence-electron chi connectivity index (χ3n) is 7.59. The summed E-state index contributed by atoms with van der Waals surface area (Å²) >= 11 is 1.26. The summed E-state index contributed by atoms with van der Waals surface area (Å²) in [5, 5.41) is 0.218. The van der Waals surface area contributed by atoms with Gasteiger partial charge in [0.15, 0.2) is 11.5 Å². The highest BCUT2D eigenvalue weighted by Gasteiger charge is 2.32. The summed E-state index contributed by atoms with van der Waals surface area (Å²) < 4.78 is 32.8. The van der Waals surface area contributed by atoms with Gasteiger partial charge in [0.2, 0.25) is 5.91 Å². The van der Waals surface area contributed by atoms with E-state index in [1.165, 1.54) is 34.5 Å². The van der Waals surface area contributed by atoms with Crippen molar-refractivity contribution in [2.24, 2.45) is 5.92 Å². The van der Waals surface area contributed by atoms with Gasteiger partial charge in [-0.2, -0.15) is 4.98 Å². The van der Waals surface area contributed by atoms with Gasteiger partial charge in [0.25, 0.3) is 0 Å². The number of pyridine rings is 2. The minimum Gasteiger partial charge on any atom is -0.338 e. The van der Waals surface area contributed by atoms with Crippen LogP contribution in [0, 0.1) is 36.8 Å². The van der Waals surface area contributed by atoms with Gasteiger partial charge in [-0.25, -0.2) is 23.1 Å². The van der Waals surface area contributed by atoms with Gasteiger partial charge >= 0.3 is 5.69 Å². The summed E-state index contributed by atoms with van der Waals surface area (Å²) in [6, 6.07) is 6.84. The monoisotopic (exact) mass is 614 g/mol. The maximum absolute atomic E-state index is 16.1. The van der Waals surface area contributed by atoms with Crippen molar-refractivity contribution in [1.82, 2.24) is 24.4 Å². The second-order valence-corrected chi connectivity index (χ2v) is 11.8. The molecule has 1 unspecified atom stereocenters. The Morgan fingerprint density at radius 2 is 2.00 bits per heavy atom. The first kappa shape index (κ1) is 30.9. The third kappa shape index (κ3) is 5.57. The SMILES string of the molecule is C#CC1CN(C(=O)C=C)CCN1c1nc(=O)n(-c2c(C)ccnc2CC(C)C)c2nc(-c3c(F)cccc3SC)c(F)cc12. The predicted molar refractivity (Wildman–Crippen MR) is 170 cm³/mol. The van der Waals surface area contributed by atoms with Gasteiger partial charge in [-0.1, -0.05) is 32.4 Å². The zero-order valence-electron chi connectivity index (χ0n) is 25.0. The van der Waals surface area contributed by atoms with Gasteiger partial charge < -0.3 is 9.80 Å². The molecule has 0 aliphatic carbocycles. The van der Waals surface area contributed by atoms with Crippen molar-refractivity contribution in [2.45, 2.75) is 38.1 Å². The fourth-order valence-corrected chi connectivity index (χ4v) is 6.18. The smallest absolute Gasteiger partial charge is 0.338 e. The van der Waals surface area contributed by atoms with Gasteiger partial charge in [0.05, 0.1) is 28.9 Å². The van der Waals surface area contributed by atoms with Crippen LogP contribution in [0.25, 0.3) is 28.0 Å². The van der Waals surface area contributed by atoms with E-state index in [2.05, 4.69) is 27.5 Å². The molecule has 1 saturated heterocycles. The Labute approximate surface area is 258 Å². The molecule has 3 aromatic heterocycles. The zero-order chi connectivity index (χ0) is 31.7. The Morgan fingerprint density at radius 3 is 2.68 bits per heavy atom. The van der Waals surface area contributed by atoms with E-state index in [1.807, 2.05) is 20.8 Å². The van der Waals surface area contributed by atoms with Crippen LogP contribution in [0.4, 0.5) is 14.6 Å². The second-order valence-electron chi connectivity index (χ2n) is 10.9. The van der Waals surface area contributed by atoms with Crippen LogP contribution < -0.4 is 10.6 Å². The lowest BCUT2D eigenvalue weighted by Gasteiger charge is -2.39. The molecule has 0 spiro atoms. The number of aromatic nitrogens is 4. The summed E-state index contributed by atoms with van der Waals surface area (Å²) in [5.41, 5.74) is 1.08. The molecule has 8 nitrogen and oxygen atoms in total. The Balaban J connectivity index is 1.85. The number of terminal acetylenes is 1. The van der Waals surface area contributed by atoms with E-state index in [0.29, 0.717) is 22.7 Å². The van der Waals surface area contributed by atoms with Gasteiger partial charge in [-0.15, -0.1) is 18.2 Å². The number of rotatable bonds is 7. The summed E-state index contributed by atoms with van der Waals surface area (Å²) in [6.07, 6.45) is 11.1. The van der Waals surface area contributed by atoms with E-state index in [4.69, 9.17) is 6.42 Å². The van der Waals surface area contributed by atoms with Gasteiger partial charge in [-0.05, 0) is 61.4 Å². The molecule has 5 rings (SSSR count). The quantitative estimate of drug-likeness (QED) is 0.161. The minimum atomic E-state index is -0.783. The highest BCUT2D eigenvalue weighted by molar-refractivity contribution is 7.98. The third-order valence-corrected chi connectivity index (χ3v) is 8.37. The number of anilines is 1. The van der Waals surface area contributed by atoms with Gasteiger partial charge in [0, 0.05) is 24.2 Å². The van der Waals surface area contributed by atoms with Gasteiger partial charge in [-0.3, -0.25) is 9.78 Å². The van der Waals surface area contributed by atoms with Crippen LogP contribution in [0.3, 0.4) is 0 Å². The largest absolute Gasteiger partial charge is 0.355 e. The van der Waals surface area contributed by atoms with E-state index >= 15 is 8.78 Å². The average molecular weight is 615 g/mol. The van der Waals surface area contributed by atoms with Crippen molar-refractivity contribution in [3.63, 3.8) is 0 Å². The predicted octanol–water partition coefficient (Wildman–Crippen LogP) is 5.19. The fraction of sp³-hybridized carbons (Fsp3) is 0.303. The van der Waals surface area contributed by atoms with Crippen LogP contribution in [0.15, 0.2) is 58.9 Å². The molecule has 0 bridgehead atoms. The topological polar surface area (TPSA) is 84.2 Å². The van der Waals surface area contributed by atoms with Crippen molar-refractivity contribution < 1.29 is 13.6 Å². The fourth-order valence-electron chi connectivity index (χ4n) is 5.56. The number of amides is 1. The summed E-state index contributed by atoms with van der Waals surface area (Å²) in [7, 11) is 0. The molecule has 1 aliphatic heterocycles. The number of benzene rings is 1. The average Bonchev–Trinajstić information content (AvgIpc) is 3.00. The molecule has 4 heterocycles. The van der Waals surface area contributed by atoms with E-state index in [-0.39, 0.29) is 59.6 Å². The number of fused-ring (bicyclic) bond motifs is 1. The van der Waals surface area contributed by atoms with E-state index in [0.717, 1.165) is 5.56 Å². The molecule has 1 aromatic carbocycles. The van der Waals surface area contributed by atoms with Gasteiger partial charge in [0.1, 0.15) is 23.4 Å². The van der Waals surface area contributed by atoms with Crippen molar-refractivity contribution >= 4 is 34.5 Å². The van der Waals surface area contributed by atoms with Crippen molar-refractivity contribution in [3.05, 3.63) is 82.6 Å².